The van der Waals surface area contributed by atoms with Crippen molar-refractivity contribution in [2.75, 3.05) is 33.7 Å². The highest BCUT2D eigenvalue weighted by Gasteiger charge is 2.12. The molecule has 1 heterocycles. The first kappa shape index (κ1) is 14.7. The number of rotatable bonds is 8. The Hall–Kier alpha value is -1.33. The molecule has 0 aromatic carbocycles. The van der Waals surface area contributed by atoms with Crippen LogP contribution in [0.2, 0.25) is 0 Å². The van der Waals surface area contributed by atoms with Crippen molar-refractivity contribution in [1.29, 1.82) is 0 Å². The van der Waals surface area contributed by atoms with E-state index in [2.05, 4.69) is 16.7 Å². The van der Waals surface area contributed by atoms with Crippen molar-refractivity contribution in [2.24, 2.45) is 0 Å². The molecule has 0 aliphatic carbocycles. The molecule has 0 aliphatic heterocycles. The van der Waals surface area contributed by atoms with Gasteiger partial charge in [0.25, 0.3) is 0 Å². The summed E-state index contributed by atoms with van der Waals surface area (Å²) in [7, 11) is 4.08. The van der Waals surface area contributed by atoms with Gasteiger partial charge in [-0.15, -0.1) is 0 Å². The molecule has 0 radical (unpaired) electrons. The van der Waals surface area contributed by atoms with E-state index in [1.54, 1.807) is 6.07 Å². The Balaban J connectivity index is 2.55. The van der Waals surface area contributed by atoms with Crippen LogP contribution in [-0.2, 0) is 6.54 Å². The van der Waals surface area contributed by atoms with Gasteiger partial charge in [-0.25, -0.2) is 4.79 Å². The van der Waals surface area contributed by atoms with E-state index in [9.17, 15) is 4.79 Å². The molecule has 5 heteroatoms. The van der Waals surface area contributed by atoms with E-state index in [4.69, 9.17) is 9.52 Å². The van der Waals surface area contributed by atoms with Crippen LogP contribution < -0.4 is 0 Å². The lowest BCUT2D eigenvalue weighted by atomic mass is 10.3. The number of carbonyl (C=O) groups is 1. The zero-order valence-corrected chi connectivity index (χ0v) is 11.3. The van der Waals surface area contributed by atoms with E-state index >= 15 is 0 Å². The van der Waals surface area contributed by atoms with Crippen LogP contribution in [0.25, 0.3) is 0 Å². The molecule has 0 fully saturated rings. The maximum Gasteiger partial charge on any atom is 0.371 e. The van der Waals surface area contributed by atoms with Crippen molar-refractivity contribution in [2.45, 2.75) is 19.9 Å². The molecule has 0 atom stereocenters. The fraction of sp³-hybridized carbons (Fsp3) is 0.615. The largest absolute Gasteiger partial charge is 0.475 e. The minimum Gasteiger partial charge on any atom is -0.475 e. The van der Waals surface area contributed by atoms with Gasteiger partial charge >= 0.3 is 5.97 Å². The third kappa shape index (κ3) is 4.89. The van der Waals surface area contributed by atoms with Gasteiger partial charge in [-0.1, -0.05) is 6.92 Å². The average molecular weight is 254 g/mol. The predicted octanol–water partition coefficient (Wildman–Crippen LogP) is 1.75. The Kier molecular flexibility index (Phi) is 5.88. The first-order valence-corrected chi connectivity index (χ1v) is 6.22. The molecular formula is C13H22N2O3. The summed E-state index contributed by atoms with van der Waals surface area (Å²) < 4.78 is 5.27. The topological polar surface area (TPSA) is 56.9 Å². The predicted molar refractivity (Wildman–Crippen MR) is 69.8 cm³/mol. The quantitative estimate of drug-likeness (QED) is 0.766. The van der Waals surface area contributed by atoms with Crippen LogP contribution in [0.15, 0.2) is 16.5 Å². The summed E-state index contributed by atoms with van der Waals surface area (Å²) >= 11 is 0. The second kappa shape index (κ2) is 7.18. The standard InChI is InChI=1S/C13H22N2O3/c1-4-7-15(9-8-14(2)3)10-11-5-6-12(18-11)13(16)17/h5-6H,4,7-10H2,1-3H3,(H,16,17). The molecule has 0 spiro atoms. The highest BCUT2D eigenvalue weighted by molar-refractivity contribution is 5.84. The number of aromatic carboxylic acids is 1. The molecular weight excluding hydrogens is 232 g/mol. The monoisotopic (exact) mass is 254 g/mol. The number of hydrogen-bond donors (Lipinski definition) is 1. The normalized spacial score (nSPS) is 11.4. The van der Waals surface area contributed by atoms with Crippen molar-refractivity contribution < 1.29 is 14.3 Å². The van der Waals surface area contributed by atoms with Crippen LogP contribution in [0.5, 0.6) is 0 Å². The van der Waals surface area contributed by atoms with Crippen LogP contribution in [0.1, 0.15) is 29.7 Å². The minimum atomic E-state index is -1.02. The van der Waals surface area contributed by atoms with Gasteiger partial charge in [-0.05, 0) is 39.2 Å². The molecule has 0 bridgehead atoms. The van der Waals surface area contributed by atoms with Gasteiger partial charge in [0.2, 0.25) is 5.76 Å². The van der Waals surface area contributed by atoms with Gasteiger partial charge in [0, 0.05) is 13.1 Å². The second-order valence-electron chi connectivity index (χ2n) is 4.65. The highest BCUT2D eigenvalue weighted by atomic mass is 16.4. The van der Waals surface area contributed by atoms with Crippen molar-refractivity contribution in [3.05, 3.63) is 23.7 Å². The number of furan rings is 1. The van der Waals surface area contributed by atoms with Gasteiger partial charge in [-0.2, -0.15) is 0 Å². The Labute approximate surface area is 108 Å². The van der Waals surface area contributed by atoms with E-state index in [-0.39, 0.29) is 5.76 Å². The summed E-state index contributed by atoms with van der Waals surface area (Å²) in [6.45, 7) is 5.70. The summed E-state index contributed by atoms with van der Waals surface area (Å²) in [5.41, 5.74) is 0. The van der Waals surface area contributed by atoms with Gasteiger partial charge in [0.15, 0.2) is 0 Å². The first-order valence-electron chi connectivity index (χ1n) is 6.22. The zero-order chi connectivity index (χ0) is 13.5. The maximum absolute atomic E-state index is 10.7. The summed E-state index contributed by atoms with van der Waals surface area (Å²) in [5.74, 6) is -0.301. The molecule has 0 saturated heterocycles. The number of nitrogens with zero attached hydrogens (tertiary/aromatic N) is 2. The Morgan fingerprint density at radius 3 is 2.50 bits per heavy atom. The third-order valence-electron chi connectivity index (χ3n) is 2.66. The number of hydrogen-bond acceptors (Lipinski definition) is 4. The summed E-state index contributed by atoms with van der Waals surface area (Å²) in [6, 6.07) is 3.25. The number of carboxylic acid groups (broad SMARTS) is 1. The van der Waals surface area contributed by atoms with E-state index in [0.29, 0.717) is 12.3 Å². The van der Waals surface area contributed by atoms with Crippen LogP contribution in [-0.4, -0.2) is 54.6 Å². The second-order valence-corrected chi connectivity index (χ2v) is 4.65. The minimum absolute atomic E-state index is 0.00839. The molecule has 0 amide bonds. The molecule has 102 valence electrons. The zero-order valence-electron chi connectivity index (χ0n) is 11.3. The Bertz CT molecular complexity index is 374. The first-order chi connectivity index (χ1) is 8.52. The number of carboxylic acids is 1. The Morgan fingerprint density at radius 2 is 2.00 bits per heavy atom. The summed E-state index contributed by atoms with van der Waals surface area (Å²) in [6.07, 6.45) is 1.07. The molecule has 0 unspecified atom stereocenters. The van der Waals surface area contributed by atoms with E-state index in [0.717, 1.165) is 26.1 Å². The van der Waals surface area contributed by atoms with Crippen LogP contribution in [0.3, 0.4) is 0 Å². The van der Waals surface area contributed by atoms with E-state index in [1.807, 2.05) is 14.1 Å². The molecule has 1 rings (SSSR count). The lowest BCUT2D eigenvalue weighted by molar-refractivity contribution is 0.0658. The molecule has 1 aromatic rings. The van der Waals surface area contributed by atoms with Crippen molar-refractivity contribution in [3.8, 4) is 0 Å². The van der Waals surface area contributed by atoms with Gasteiger partial charge in [0.05, 0.1) is 6.54 Å². The van der Waals surface area contributed by atoms with E-state index < -0.39 is 5.97 Å². The van der Waals surface area contributed by atoms with Gasteiger partial charge in [-0.3, -0.25) is 4.90 Å². The summed E-state index contributed by atoms with van der Waals surface area (Å²) in [4.78, 5) is 15.1. The average Bonchev–Trinajstić information content (AvgIpc) is 2.75. The Morgan fingerprint density at radius 1 is 1.28 bits per heavy atom. The van der Waals surface area contributed by atoms with Gasteiger partial charge in [0.1, 0.15) is 5.76 Å². The number of likely N-dealkylation sites (N-methyl/N-ethyl adjacent to an activating group) is 1. The van der Waals surface area contributed by atoms with Crippen molar-refractivity contribution in [3.63, 3.8) is 0 Å². The van der Waals surface area contributed by atoms with Gasteiger partial charge < -0.3 is 14.4 Å². The smallest absolute Gasteiger partial charge is 0.371 e. The van der Waals surface area contributed by atoms with Crippen LogP contribution in [0, 0.1) is 0 Å². The molecule has 1 N–H and O–H groups in total. The van der Waals surface area contributed by atoms with Crippen molar-refractivity contribution >= 4 is 5.97 Å². The fourth-order valence-corrected chi connectivity index (χ4v) is 1.73. The molecule has 5 nitrogen and oxygen atoms in total. The molecule has 0 aliphatic rings. The fourth-order valence-electron chi connectivity index (χ4n) is 1.73. The van der Waals surface area contributed by atoms with Crippen LogP contribution in [0.4, 0.5) is 0 Å². The lowest BCUT2D eigenvalue weighted by Crippen LogP contribution is -2.31. The van der Waals surface area contributed by atoms with Crippen molar-refractivity contribution in [1.82, 2.24) is 9.80 Å². The highest BCUT2D eigenvalue weighted by Crippen LogP contribution is 2.11. The molecule has 1 aromatic heterocycles. The van der Waals surface area contributed by atoms with Crippen LogP contribution >= 0.6 is 0 Å². The third-order valence-corrected chi connectivity index (χ3v) is 2.66. The molecule has 18 heavy (non-hydrogen) atoms. The molecule has 0 saturated carbocycles. The lowest BCUT2D eigenvalue weighted by Gasteiger charge is -2.22. The summed E-state index contributed by atoms with van der Waals surface area (Å²) in [5, 5.41) is 8.80. The van der Waals surface area contributed by atoms with E-state index in [1.165, 1.54) is 6.07 Å². The maximum atomic E-state index is 10.7. The SMILES string of the molecule is CCCN(CCN(C)C)Cc1ccc(C(=O)O)o1.